The molecule has 2 heterocycles. The Kier molecular flexibility index (Phi) is 13.0. The van der Waals surface area contributed by atoms with E-state index >= 15 is 0 Å². The molecule has 0 amide bonds. The topological polar surface area (TPSA) is 112 Å². The summed E-state index contributed by atoms with van der Waals surface area (Å²) >= 11 is 3.53. The molecule has 1 aliphatic heterocycles. The van der Waals surface area contributed by atoms with E-state index in [1.165, 1.54) is 5.56 Å². The standard InChI is InChI=1S/C25H26N2O3.C4H10O.CH4O.CH4S/c1-13-6-7-19(14(2)8-13)22-16(4)23-24(15(3)20(22)10-21(28)29)26-11-17-9-18(30-5)12-27-25(17)23;1-4(2,3)5;2*1-2/h6-9,12,26H,10-11H2,1-5H3,(H,28,29);5H,1-3H3;2*2H,1H3. The van der Waals surface area contributed by atoms with Crippen molar-refractivity contribution in [3.63, 3.8) is 0 Å². The molecule has 0 fully saturated rings. The maximum atomic E-state index is 11.7. The average molecular weight is 557 g/mol. The van der Waals surface area contributed by atoms with Gasteiger partial charge in [0.15, 0.2) is 0 Å². The number of hydrogen-bond donors (Lipinski definition) is 5. The number of thiol groups is 1. The summed E-state index contributed by atoms with van der Waals surface area (Å²) in [5.41, 5.74) is 10.8. The summed E-state index contributed by atoms with van der Waals surface area (Å²) in [6.07, 6.45) is 3.41. The Morgan fingerprint density at radius 1 is 1.05 bits per heavy atom. The maximum absolute atomic E-state index is 11.7. The third-order valence-electron chi connectivity index (χ3n) is 5.98. The number of carboxylic acid groups (broad SMARTS) is 1. The number of anilines is 1. The van der Waals surface area contributed by atoms with Crippen molar-refractivity contribution >= 4 is 24.3 Å². The first kappa shape index (κ1) is 34.0. The van der Waals surface area contributed by atoms with Crippen molar-refractivity contribution in [3.05, 3.63) is 63.8 Å². The van der Waals surface area contributed by atoms with E-state index in [1.54, 1.807) is 40.3 Å². The maximum Gasteiger partial charge on any atom is 0.307 e. The Morgan fingerprint density at radius 3 is 2.15 bits per heavy atom. The molecule has 214 valence electrons. The van der Waals surface area contributed by atoms with Crippen LogP contribution in [0.1, 0.15) is 54.2 Å². The Morgan fingerprint density at radius 2 is 1.64 bits per heavy atom. The monoisotopic (exact) mass is 556 g/mol. The zero-order valence-corrected chi connectivity index (χ0v) is 25.7. The number of aromatic nitrogens is 1. The van der Waals surface area contributed by atoms with E-state index in [1.807, 2.05) is 13.0 Å². The molecule has 3 aromatic rings. The Hall–Kier alpha value is -3.07. The second kappa shape index (κ2) is 14.9. The first-order valence-corrected chi connectivity index (χ1v) is 13.6. The molecule has 4 rings (SSSR count). The first-order valence-electron chi connectivity index (χ1n) is 12.7. The second-order valence-electron chi connectivity index (χ2n) is 10.1. The van der Waals surface area contributed by atoms with E-state index in [9.17, 15) is 9.90 Å². The molecule has 0 radical (unpaired) electrons. The van der Waals surface area contributed by atoms with E-state index in [4.69, 9.17) is 19.9 Å². The lowest BCUT2D eigenvalue weighted by Crippen LogP contribution is -2.16. The number of hydrogen-bond acceptors (Lipinski definition) is 7. The van der Waals surface area contributed by atoms with Gasteiger partial charge in [-0.25, -0.2) is 0 Å². The van der Waals surface area contributed by atoms with Gasteiger partial charge in [-0.2, -0.15) is 12.6 Å². The number of nitrogens with zero attached hydrogens (tertiary/aromatic N) is 1. The third-order valence-corrected chi connectivity index (χ3v) is 5.98. The minimum Gasteiger partial charge on any atom is -0.495 e. The minimum absolute atomic E-state index is 0.0207. The van der Waals surface area contributed by atoms with Crippen molar-refractivity contribution in [3.8, 4) is 28.1 Å². The quantitative estimate of drug-likeness (QED) is 0.245. The summed E-state index contributed by atoms with van der Waals surface area (Å²) in [5, 5.41) is 28.7. The van der Waals surface area contributed by atoms with Crippen LogP contribution in [-0.4, -0.2) is 52.3 Å². The highest BCUT2D eigenvalue weighted by molar-refractivity contribution is 7.79. The molecular weight excluding hydrogens is 512 g/mol. The summed E-state index contributed by atoms with van der Waals surface area (Å²) in [6, 6.07) is 8.33. The fourth-order valence-corrected chi connectivity index (χ4v) is 4.56. The largest absolute Gasteiger partial charge is 0.495 e. The lowest BCUT2D eigenvalue weighted by atomic mass is 9.81. The number of carbonyl (C=O) groups is 1. The molecule has 1 aromatic heterocycles. The van der Waals surface area contributed by atoms with Crippen LogP contribution < -0.4 is 10.1 Å². The molecule has 0 aliphatic carbocycles. The molecule has 0 saturated carbocycles. The van der Waals surface area contributed by atoms with Crippen molar-refractivity contribution in [2.75, 3.05) is 25.8 Å². The smallest absolute Gasteiger partial charge is 0.307 e. The summed E-state index contributed by atoms with van der Waals surface area (Å²) in [7, 11) is 2.64. The van der Waals surface area contributed by atoms with Crippen LogP contribution in [0.5, 0.6) is 5.75 Å². The molecule has 2 aromatic carbocycles. The summed E-state index contributed by atoms with van der Waals surface area (Å²) in [5.74, 6) is -0.104. The summed E-state index contributed by atoms with van der Waals surface area (Å²) in [6.45, 7) is 14.1. The van der Waals surface area contributed by atoms with E-state index < -0.39 is 11.6 Å². The van der Waals surface area contributed by atoms with Crippen LogP contribution in [0.4, 0.5) is 5.69 Å². The highest BCUT2D eigenvalue weighted by Crippen LogP contribution is 2.46. The molecule has 4 N–H and O–H groups in total. The first-order chi connectivity index (χ1) is 18.3. The van der Waals surface area contributed by atoms with Crippen LogP contribution in [0.15, 0.2) is 30.5 Å². The van der Waals surface area contributed by atoms with Gasteiger partial charge in [0.1, 0.15) is 5.75 Å². The van der Waals surface area contributed by atoms with E-state index in [0.717, 1.165) is 68.7 Å². The van der Waals surface area contributed by atoms with Gasteiger partial charge in [0, 0.05) is 30.5 Å². The molecule has 1 aliphatic rings. The van der Waals surface area contributed by atoms with E-state index in [0.29, 0.717) is 6.54 Å². The SMILES string of the molecule is CC(C)(C)O.CO.COc1cnc2c(c1)CNc1c(C)c(CC(=O)O)c(-c3ccc(C)cc3C)c(C)c1-2.CS. The van der Waals surface area contributed by atoms with Gasteiger partial charge in [-0.05, 0) is 94.2 Å². The van der Waals surface area contributed by atoms with Crippen molar-refractivity contribution in [1.82, 2.24) is 4.98 Å². The average Bonchev–Trinajstić information content (AvgIpc) is 2.88. The van der Waals surface area contributed by atoms with Gasteiger partial charge in [0.05, 0.1) is 31.0 Å². The van der Waals surface area contributed by atoms with Crippen LogP contribution >= 0.6 is 12.6 Å². The van der Waals surface area contributed by atoms with Crippen LogP contribution in [0.3, 0.4) is 0 Å². The molecule has 7 nitrogen and oxygen atoms in total. The number of nitrogens with one attached hydrogen (secondary N) is 1. The minimum atomic E-state index is -0.831. The zero-order valence-electron chi connectivity index (χ0n) is 24.9. The molecule has 8 heteroatoms. The van der Waals surface area contributed by atoms with Gasteiger partial charge < -0.3 is 25.4 Å². The van der Waals surface area contributed by atoms with Crippen molar-refractivity contribution in [2.24, 2.45) is 0 Å². The third kappa shape index (κ3) is 8.71. The zero-order chi connectivity index (χ0) is 30.1. The number of rotatable bonds is 4. The van der Waals surface area contributed by atoms with Gasteiger partial charge >= 0.3 is 5.97 Å². The Labute approximate surface area is 238 Å². The lowest BCUT2D eigenvalue weighted by Gasteiger charge is -2.29. The molecule has 0 bridgehead atoms. The van der Waals surface area contributed by atoms with Gasteiger partial charge in [0.25, 0.3) is 0 Å². The van der Waals surface area contributed by atoms with Crippen molar-refractivity contribution < 1.29 is 24.9 Å². The van der Waals surface area contributed by atoms with Crippen molar-refractivity contribution in [2.45, 2.75) is 67.0 Å². The predicted octanol–water partition coefficient (Wildman–Crippen LogP) is 6.14. The number of carboxylic acids is 1. The van der Waals surface area contributed by atoms with Crippen molar-refractivity contribution in [1.29, 1.82) is 0 Å². The number of pyridine rings is 1. The van der Waals surface area contributed by atoms with Gasteiger partial charge in [-0.15, -0.1) is 0 Å². The highest BCUT2D eigenvalue weighted by Gasteiger charge is 2.28. The number of methoxy groups -OCH3 is 1. The normalized spacial score (nSPS) is 11.1. The molecular formula is C31H44N2O5S. The summed E-state index contributed by atoms with van der Waals surface area (Å²) < 4.78 is 5.35. The van der Waals surface area contributed by atoms with E-state index in [-0.39, 0.29) is 6.42 Å². The number of aliphatic hydroxyl groups excluding tert-OH is 1. The second-order valence-corrected chi connectivity index (χ2v) is 10.1. The fourth-order valence-electron chi connectivity index (χ4n) is 4.56. The number of aryl methyl sites for hydroxylation is 2. The lowest BCUT2D eigenvalue weighted by molar-refractivity contribution is -0.136. The predicted molar refractivity (Wildman–Crippen MR) is 164 cm³/mol. The van der Waals surface area contributed by atoms with Gasteiger partial charge in [-0.1, -0.05) is 23.8 Å². The van der Waals surface area contributed by atoms with Crippen LogP contribution in [0.2, 0.25) is 0 Å². The number of aliphatic hydroxyl groups is 2. The van der Waals surface area contributed by atoms with Crippen LogP contribution in [0, 0.1) is 27.7 Å². The molecule has 0 saturated heterocycles. The molecule has 0 spiro atoms. The fraction of sp³-hybridized carbons (Fsp3) is 0.419. The number of fused-ring (bicyclic) bond motifs is 3. The molecule has 0 unspecified atom stereocenters. The highest BCUT2D eigenvalue weighted by atomic mass is 32.1. The molecule has 39 heavy (non-hydrogen) atoms. The number of ether oxygens (including phenoxy) is 1. The van der Waals surface area contributed by atoms with Gasteiger partial charge in [-0.3, -0.25) is 9.78 Å². The van der Waals surface area contributed by atoms with Crippen LogP contribution in [-0.2, 0) is 17.8 Å². The Bertz CT molecular complexity index is 1280. The van der Waals surface area contributed by atoms with Crippen LogP contribution in [0.25, 0.3) is 22.4 Å². The van der Waals surface area contributed by atoms with E-state index in [2.05, 4.69) is 56.9 Å². The Balaban J connectivity index is 0.000000748. The summed E-state index contributed by atoms with van der Waals surface area (Å²) in [4.78, 5) is 16.5. The van der Waals surface area contributed by atoms with Gasteiger partial charge in [0.2, 0.25) is 0 Å². The number of aliphatic carboxylic acids is 1. The number of benzene rings is 2. The molecule has 0 atom stereocenters.